The van der Waals surface area contributed by atoms with Crippen molar-refractivity contribution in [3.8, 4) is 28.6 Å². The molecule has 3 heterocycles. The van der Waals surface area contributed by atoms with Crippen molar-refractivity contribution >= 4 is 0 Å². The average Bonchev–Trinajstić information content (AvgIpc) is 3.56. The predicted octanol–water partition coefficient (Wildman–Crippen LogP) is 3.34. The SMILES string of the molecule is Cc1nnnn1Cc1ccc(-c2noc(-c3cnn(C)c3COc3ccc(F)c(F)c3)n2)cc1. The van der Waals surface area contributed by atoms with E-state index in [1.165, 1.54) is 6.07 Å². The van der Waals surface area contributed by atoms with Crippen molar-refractivity contribution in [2.45, 2.75) is 20.1 Å². The molecule has 5 aromatic rings. The van der Waals surface area contributed by atoms with E-state index in [2.05, 4.69) is 30.8 Å². The zero-order valence-corrected chi connectivity index (χ0v) is 18.2. The Labute approximate surface area is 191 Å². The molecule has 0 spiro atoms. The van der Waals surface area contributed by atoms with Crippen LogP contribution in [0.1, 0.15) is 17.1 Å². The third kappa shape index (κ3) is 4.25. The van der Waals surface area contributed by atoms with Gasteiger partial charge in [-0.3, -0.25) is 4.68 Å². The summed E-state index contributed by atoms with van der Waals surface area (Å²) >= 11 is 0. The van der Waals surface area contributed by atoms with Crippen molar-refractivity contribution in [2.75, 3.05) is 0 Å². The zero-order valence-electron chi connectivity index (χ0n) is 18.2. The highest BCUT2D eigenvalue weighted by Crippen LogP contribution is 2.26. The summed E-state index contributed by atoms with van der Waals surface area (Å²) in [7, 11) is 1.73. The van der Waals surface area contributed by atoms with Gasteiger partial charge in [0.05, 0.1) is 24.0 Å². The fourth-order valence-electron chi connectivity index (χ4n) is 3.31. The molecule has 172 valence electrons. The number of halogens is 2. The summed E-state index contributed by atoms with van der Waals surface area (Å²) in [6, 6.07) is 11.0. The van der Waals surface area contributed by atoms with Gasteiger partial charge in [-0.05, 0) is 35.0 Å². The average molecular weight is 464 g/mol. The molecular formula is C22H18F2N8O2. The number of benzene rings is 2. The van der Waals surface area contributed by atoms with Gasteiger partial charge in [0.15, 0.2) is 11.6 Å². The van der Waals surface area contributed by atoms with Crippen LogP contribution in [0.4, 0.5) is 8.78 Å². The number of hydrogen-bond donors (Lipinski definition) is 0. The van der Waals surface area contributed by atoms with E-state index < -0.39 is 11.6 Å². The number of tetrazole rings is 1. The molecule has 0 aliphatic carbocycles. The molecule has 0 aliphatic rings. The van der Waals surface area contributed by atoms with Crippen LogP contribution >= 0.6 is 0 Å². The second-order valence-electron chi connectivity index (χ2n) is 7.50. The van der Waals surface area contributed by atoms with Gasteiger partial charge in [0.2, 0.25) is 5.82 Å². The minimum atomic E-state index is -0.983. The Bertz CT molecular complexity index is 1440. The summed E-state index contributed by atoms with van der Waals surface area (Å²) in [5.74, 6) is -0.326. The van der Waals surface area contributed by atoms with Crippen molar-refractivity contribution in [1.82, 2.24) is 40.1 Å². The van der Waals surface area contributed by atoms with Crippen molar-refractivity contribution in [3.63, 3.8) is 0 Å². The van der Waals surface area contributed by atoms with Gasteiger partial charge in [0, 0.05) is 18.7 Å². The van der Waals surface area contributed by atoms with Crippen molar-refractivity contribution in [1.29, 1.82) is 0 Å². The maximum absolute atomic E-state index is 13.5. The molecular weight excluding hydrogens is 446 g/mol. The van der Waals surface area contributed by atoms with Crippen molar-refractivity contribution in [3.05, 3.63) is 77.4 Å². The summed E-state index contributed by atoms with van der Waals surface area (Å²) in [6.07, 6.45) is 1.58. The molecule has 10 nitrogen and oxygen atoms in total. The van der Waals surface area contributed by atoms with E-state index in [0.717, 1.165) is 29.1 Å². The van der Waals surface area contributed by atoms with Crippen molar-refractivity contribution < 1.29 is 18.0 Å². The van der Waals surface area contributed by atoms with Crippen molar-refractivity contribution in [2.24, 2.45) is 7.05 Å². The number of aryl methyl sites for hydroxylation is 2. The molecule has 0 saturated heterocycles. The fraction of sp³-hybridized carbons (Fsp3) is 0.182. The lowest BCUT2D eigenvalue weighted by molar-refractivity contribution is 0.292. The third-order valence-corrected chi connectivity index (χ3v) is 5.24. The molecule has 0 saturated carbocycles. The quantitative estimate of drug-likeness (QED) is 0.361. The maximum Gasteiger partial charge on any atom is 0.261 e. The second kappa shape index (κ2) is 8.81. The summed E-state index contributed by atoms with van der Waals surface area (Å²) in [6.45, 7) is 2.43. The van der Waals surface area contributed by atoms with Crippen LogP contribution in [0.15, 0.2) is 53.2 Å². The summed E-state index contributed by atoms with van der Waals surface area (Å²) < 4.78 is 41.0. The molecule has 0 bridgehead atoms. The molecule has 0 amide bonds. The van der Waals surface area contributed by atoms with Crippen LogP contribution in [0.2, 0.25) is 0 Å². The minimum absolute atomic E-state index is 0.0415. The first kappa shape index (κ1) is 21.4. The minimum Gasteiger partial charge on any atom is -0.487 e. The van der Waals surface area contributed by atoms with Gasteiger partial charge in [-0.25, -0.2) is 13.5 Å². The standard InChI is InChI=1S/C22H18F2N8O2/c1-13-27-29-30-32(13)11-14-3-5-15(6-4-14)21-26-22(34-28-21)17-10-25-31(2)20(17)12-33-16-7-8-18(23)19(24)9-16/h3-10H,11-12H2,1-2H3. The first-order valence-corrected chi connectivity index (χ1v) is 10.2. The van der Waals surface area contributed by atoms with Crippen LogP contribution in [0.25, 0.3) is 22.8 Å². The number of nitrogens with zero attached hydrogens (tertiary/aromatic N) is 8. The smallest absolute Gasteiger partial charge is 0.261 e. The van der Waals surface area contributed by atoms with Gasteiger partial charge in [-0.15, -0.1) is 5.10 Å². The highest BCUT2D eigenvalue weighted by molar-refractivity contribution is 5.61. The summed E-state index contributed by atoms with van der Waals surface area (Å²) in [4.78, 5) is 4.49. The Morgan fingerprint density at radius 1 is 1.06 bits per heavy atom. The Morgan fingerprint density at radius 2 is 1.88 bits per heavy atom. The van der Waals surface area contributed by atoms with E-state index in [0.29, 0.717) is 23.6 Å². The van der Waals surface area contributed by atoms with Crippen LogP contribution in [0, 0.1) is 18.6 Å². The van der Waals surface area contributed by atoms with Crippen LogP contribution in [-0.2, 0) is 20.2 Å². The molecule has 0 fully saturated rings. The van der Waals surface area contributed by atoms with E-state index in [4.69, 9.17) is 9.26 Å². The summed E-state index contributed by atoms with van der Waals surface area (Å²) in [5, 5.41) is 19.8. The van der Waals surface area contributed by atoms with Crippen LogP contribution in [-0.4, -0.2) is 40.1 Å². The number of hydrogen-bond acceptors (Lipinski definition) is 8. The van der Waals surface area contributed by atoms with Gasteiger partial charge >= 0.3 is 0 Å². The fourth-order valence-corrected chi connectivity index (χ4v) is 3.31. The molecule has 34 heavy (non-hydrogen) atoms. The Hall–Kier alpha value is -4.48. The van der Waals surface area contributed by atoms with E-state index in [1.54, 1.807) is 22.6 Å². The lowest BCUT2D eigenvalue weighted by Gasteiger charge is -2.08. The van der Waals surface area contributed by atoms with Crippen LogP contribution in [0.5, 0.6) is 5.75 Å². The van der Waals surface area contributed by atoms with Gasteiger partial charge in [0.1, 0.15) is 18.2 Å². The molecule has 3 aromatic heterocycles. The largest absolute Gasteiger partial charge is 0.487 e. The van der Waals surface area contributed by atoms with Gasteiger partial charge in [-0.1, -0.05) is 29.4 Å². The third-order valence-electron chi connectivity index (χ3n) is 5.24. The molecule has 12 heteroatoms. The van der Waals surface area contributed by atoms with Crippen LogP contribution in [0.3, 0.4) is 0 Å². The number of rotatable bonds is 7. The maximum atomic E-state index is 13.5. The van der Waals surface area contributed by atoms with Gasteiger partial charge in [0.25, 0.3) is 5.89 Å². The predicted molar refractivity (Wildman–Crippen MR) is 114 cm³/mol. The molecule has 0 N–H and O–H groups in total. The lowest BCUT2D eigenvalue weighted by Crippen LogP contribution is -2.05. The topological polar surface area (TPSA) is 110 Å². The lowest BCUT2D eigenvalue weighted by atomic mass is 10.1. The van der Waals surface area contributed by atoms with Gasteiger partial charge in [-0.2, -0.15) is 10.1 Å². The number of aromatic nitrogens is 8. The van der Waals surface area contributed by atoms with Crippen LogP contribution < -0.4 is 4.74 Å². The van der Waals surface area contributed by atoms with Gasteiger partial charge < -0.3 is 9.26 Å². The highest BCUT2D eigenvalue weighted by Gasteiger charge is 2.19. The summed E-state index contributed by atoms with van der Waals surface area (Å²) in [5.41, 5.74) is 3.00. The molecule has 0 aliphatic heterocycles. The van der Waals surface area contributed by atoms with E-state index in [1.807, 2.05) is 31.2 Å². The Balaban J connectivity index is 1.33. The second-order valence-corrected chi connectivity index (χ2v) is 7.50. The molecule has 0 unspecified atom stereocenters. The zero-order chi connectivity index (χ0) is 23.7. The van der Waals surface area contributed by atoms with E-state index in [9.17, 15) is 8.78 Å². The Kier molecular flexibility index (Phi) is 5.54. The Morgan fingerprint density at radius 3 is 2.62 bits per heavy atom. The molecule has 0 radical (unpaired) electrons. The first-order valence-electron chi connectivity index (χ1n) is 10.2. The molecule has 2 aromatic carbocycles. The normalized spacial score (nSPS) is 11.2. The molecule has 0 atom stereocenters. The monoisotopic (exact) mass is 464 g/mol. The van der Waals surface area contributed by atoms with E-state index >= 15 is 0 Å². The first-order chi connectivity index (χ1) is 16.5. The number of ether oxygens (including phenoxy) is 1. The molecule has 5 rings (SSSR count). The highest BCUT2D eigenvalue weighted by atomic mass is 19.2. The van der Waals surface area contributed by atoms with E-state index in [-0.39, 0.29) is 18.2 Å².